The molecule has 0 heterocycles. The van der Waals surface area contributed by atoms with E-state index in [1.54, 1.807) is 36.4 Å². The number of nitro benzene ring substituents is 1. The number of carbonyl (C=O) groups is 3. The van der Waals surface area contributed by atoms with E-state index in [1.807, 2.05) is 0 Å². The molecule has 0 fully saturated rings. The van der Waals surface area contributed by atoms with Crippen LogP contribution in [0.25, 0.3) is 0 Å². The summed E-state index contributed by atoms with van der Waals surface area (Å²) in [6.45, 7) is 1.10. The number of nitrogens with zero attached hydrogens (tertiary/aromatic N) is 1. The largest absolute Gasteiger partial charge is 0.460 e. The molecule has 2 N–H and O–H groups in total. The van der Waals surface area contributed by atoms with Gasteiger partial charge in [-0.25, -0.2) is 0 Å². The molecular formula is C24H21N3O7. The Kier molecular flexibility index (Phi) is 7.90. The van der Waals surface area contributed by atoms with Gasteiger partial charge in [0.15, 0.2) is 0 Å². The molecule has 0 bridgehead atoms. The SMILES string of the molecule is CC(=O)Nc1ccc(C(=O)NCC(=O)OCc2ccc(Oc3ccc([N+](=O)[O-])cc3)cc2)cc1. The molecule has 0 saturated heterocycles. The Hall–Kier alpha value is -4.73. The lowest BCUT2D eigenvalue weighted by atomic mass is 10.2. The van der Waals surface area contributed by atoms with Crippen LogP contribution in [0.4, 0.5) is 11.4 Å². The topological polar surface area (TPSA) is 137 Å². The Morgan fingerprint density at radius 2 is 1.47 bits per heavy atom. The number of non-ortho nitro benzene ring substituents is 1. The zero-order chi connectivity index (χ0) is 24.5. The van der Waals surface area contributed by atoms with Crippen LogP contribution in [-0.4, -0.2) is 29.3 Å². The first-order chi connectivity index (χ1) is 16.3. The summed E-state index contributed by atoms with van der Waals surface area (Å²) >= 11 is 0. The minimum Gasteiger partial charge on any atom is -0.460 e. The van der Waals surface area contributed by atoms with Gasteiger partial charge in [0.2, 0.25) is 5.91 Å². The van der Waals surface area contributed by atoms with E-state index in [2.05, 4.69) is 10.6 Å². The van der Waals surface area contributed by atoms with Crippen molar-refractivity contribution in [3.05, 3.63) is 94.0 Å². The summed E-state index contributed by atoms with van der Waals surface area (Å²) in [6, 6.07) is 18.7. The fourth-order valence-corrected chi connectivity index (χ4v) is 2.80. The maximum atomic E-state index is 12.1. The highest BCUT2D eigenvalue weighted by Crippen LogP contribution is 2.24. The molecule has 0 aliphatic carbocycles. The molecular weight excluding hydrogens is 442 g/mol. The van der Waals surface area contributed by atoms with Crippen LogP contribution >= 0.6 is 0 Å². The average molecular weight is 463 g/mol. The summed E-state index contributed by atoms with van der Waals surface area (Å²) in [5.41, 5.74) is 1.59. The number of amides is 2. The third kappa shape index (κ3) is 7.16. The molecule has 0 atom stereocenters. The molecule has 0 radical (unpaired) electrons. The summed E-state index contributed by atoms with van der Waals surface area (Å²) in [5.74, 6) is -0.300. The minimum atomic E-state index is -0.602. The van der Waals surface area contributed by atoms with Crippen LogP contribution in [0.1, 0.15) is 22.8 Å². The lowest BCUT2D eigenvalue weighted by Gasteiger charge is -2.09. The first-order valence-electron chi connectivity index (χ1n) is 10.1. The summed E-state index contributed by atoms with van der Waals surface area (Å²) in [7, 11) is 0. The zero-order valence-electron chi connectivity index (χ0n) is 18.1. The van der Waals surface area contributed by atoms with Crippen molar-refractivity contribution in [3.63, 3.8) is 0 Å². The highest BCUT2D eigenvalue weighted by molar-refractivity contribution is 5.96. The van der Waals surface area contributed by atoms with Gasteiger partial charge in [-0.1, -0.05) is 12.1 Å². The monoisotopic (exact) mass is 463 g/mol. The highest BCUT2D eigenvalue weighted by Gasteiger charge is 2.10. The van der Waals surface area contributed by atoms with Crippen molar-refractivity contribution in [3.8, 4) is 11.5 Å². The van der Waals surface area contributed by atoms with Gasteiger partial charge in [0.1, 0.15) is 24.7 Å². The molecule has 3 rings (SSSR count). The van der Waals surface area contributed by atoms with Crippen molar-refractivity contribution in [2.75, 3.05) is 11.9 Å². The Labute approximate surface area is 194 Å². The number of nitro groups is 1. The van der Waals surface area contributed by atoms with Crippen LogP contribution in [0, 0.1) is 10.1 Å². The number of hydrogen-bond donors (Lipinski definition) is 2. The van der Waals surface area contributed by atoms with Gasteiger partial charge in [0, 0.05) is 30.3 Å². The van der Waals surface area contributed by atoms with E-state index < -0.39 is 16.8 Å². The Morgan fingerprint density at radius 1 is 0.882 bits per heavy atom. The average Bonchev–Trinajstić information content (AvgIpc) is 2.82. The maximum absolute atomic E-state index is 12.1. The van der Waals surface area contributed by atoms with E-state index in [0.717, 1.165) is 0 Å². The van der Waals surface area contributed by atoms with Gasteiger partial charge in [0.05, 0.1) is 4.92 Å². The smallest absolute Gasteiger partial charge is 0.325 e. The van der Waals surface area contributed by atoms with Crippen LogP contribution in [0.15, 0.2) is 72.8 Å². The fraction of sp³-hybridized carbons (Fsp3) is 0.125. The van der Waals surface area contributed by atoms with Crippen LogP contribution < -0.4 is 15.4 Å². The molecule has 0 aliphatic heterocycles. The minimum absolute atomic E-state index is 0.0118. The van der Waals surface area contributed by atoms with Crippen molar-refractivity contribution in [2.45, 2.75) is 13.5 Å². The second kappa shape index (κ2) is 11.2. The molecule has 174 valence electrons. The Balaban J connectivity index is 1.42. The van der Waals surface area contributed by atoms with Gasteiger partial charge in [-0.2, -0.15) is 0 Å². The molecule has 2 amide bonds. The lowest BCUT2D eigenvalue weighted by molar-refractivity contribution is -0.384. The molecule has 34 heavy (non-hydrogen) atoms. The number of carbonyl (C=O) groups excluding carboxylic acids is 3. The van der Waals surface area contributed by atoms with Gasteiger partial charge in [-0.3, -0.25) is 24.5 Å². The third-order valence-corrected chi connectivity index (χ3v) is 4.47. The molecule has 0 aliphatic rings. The van der Waals surface area contributed by atoms with Gasteiger partial charge in [0.25, 0.3) is 11.6 Å². The lowest BCUT2D eigenvalue weighted by Crippen LogP contribution is -2.30. The highest BCUT2D eigenvalue weighted by atomic mass is 16.6. The molecule has 0 spiro atoms. The normalized spacial score (nSPS) is 10.1. The van der Waals surface area contributed by atoms with Crippen LogP contribution in [0.2, 0.25) is 0 Å². The van der Waals surface area contributed by atoms with Crippen LogP contribution in [0.5, 0.6) is 11.5 Å². The number of nitrogens with one attached hydrogen (secondary N) is 2. The van der Waals surface area contributed by atoms with Gasteiger partial charge >= 0.3 is 5.97 Å². The molecule has 3 aromatic carbocycles. The Bertz CT molecular complexity index is 1170. The Morgan fingerprint density at radius 3 is 2.03 bits per heavy atom. The van der Waals surface area contributed by atoms with E-state index in [4.69, 9.17) is 9.47 Å². The van der Waals surface area contributed by atoms with Crippen molar-refractivity contribution >= 4 is 29.2 Å². The van der Waals surface area contributed by atoms with Crippen molar-refractivity contribution in [2.24, 2.45) is 0 Å². The predicted octanol–water partition coefficient (Wildman–Crippen LogP) is 3.82. The van der Waals surface area contributed by atoms with E-state index in [-0.39, 0.29) is 24.7 Å². The quantitative estimate of drug-likeness (QED) is 0.280. The number of anilines is 1. The van der Waals surface area contributed by atoms with Crippen LogP contribution in [-0.2, 0) is 20.9 Å². The van der Waals surface area contributed by atoms with E-state index >= 15 is 0 Å². The predicted molar refractivity (Wildman–Crippen MR) is 122 cm³/mol. The van der Waals surface area contributed by atoms with Crippen molar-refractivity contribution in [1.29, 1.82) is 0 Å². The molecule has 10 nitrogen and oxygen atoms in total. The van der Waals surface area contributed by atoms with E-state index in [0.29, 0.717) is 28.3 Å². The van der Waals surface area contributed by atoms with Gasteiger partial charge in [-0.05, 0) is 54.1 Å². The molecule has 0 unspecified atom stereocenters. The molecule has 0 aromatic heterocycles. The summed E-state index contributed by atoms with van der Waals surface area (Å²) < 4.78 is 10.8. The number of ether oxygens (including phenoxy) is 2. The molecule has 3 aromatic rings. The van der Waals surface area contributed by atoms with E-state index in [9.17, 15) is 24.5 Å². The number of rotatable bonds is 9. The second-order valence-corrected chi connectivity index (χ2v) is 7.10. The standard InChI is InChI=1S/C24H21N3O7/c1-16(28)26-19-6-4-18(5-7-19)24(30)25-14-23(29)33-15-17-2-10-21(11-3-17)34-22-12-8-20(9-13-22)27(31)32/h2-13H,14-15H2,1H3,(H,25,30)(H,26,28). The summed E-state index contributed by atoms with van der Waals surface area (Å²) in [6.07, 6.45) is 0. The summed E-state index contributed by atoms with van der Waals surface area (Å²) in [5, 5.41) is 15.8. The first-order valence-corrected chi connectivity index (χ1v) is 10.1. The van der Waals surface area contributed by atoms with Crippen molar-refractivity contribution < 1.29 is 28.8 Å². The van der Waals surface area contributed by atoms with Crippen LogP contribution in [0.3, 0.4) is 0 Å². The number of esters is 1. The molecule has 10 heteroatoms. The molecule has 0 saturated carbocycles. The first kappa shape index (κ1) is 23.9. The van der Waals surface area contributed by atoms with Gasteiger partial charge < -0.3 is 20.1 Å². The number of benzene rings is 3. The van der Waals surface area contributed by atoms with E-state index in [1.165, 1.54) is 43.3 Å². The van der Waals surface area contributed by atoms with Gasteiger partial charge in [-0.15, -0.1) is 0 Å². The number of hydrogen-bond acceptors (Lipinski definition) is 7. The fourth-order valence-electron chi connectivity index (χ4n) is 2.80. The summed E-state index contributed by atoms with van der Waals surface area (Å²) in [4.78, 5) is 45.3. The van der Waals surface area contributed by atoms with Crippen molar-refractivity contribution in [1.82, 2.24) is 5.32 Å². The maximum Gasteiger partial charge on any atom is 0.325 e. The third-order valence-electron chi connectivity index (χ3n) is 4.47. The second-order valence-electron chi connectivity index (χ2n) is 7.10. The zero-order valence-corrected chi connectivity index (χ0v) is 18.1.